The van der Waals surface area contributed by atoms with E-state index in [9.17, 15) is 25.3 Å². The number of ether oxygens (including phenoxy) is 2. The smallest absolute Gasteiger partial charge is 0.259 e. The van der Waals surface area contributed by atoms with Crippen molar-refractivity contribution < 1.29 is 34.7 Å². The van der Waals surface area contributed by atoms with Crippen LogP contribution in [0.1, 0.15) is 105 Å². The third kappa shape index (κ3) is 20.7. The van der Waals surface area contributed by atoms with Crippen molar-refractivity contribution in [1.29, 1.82) is 0 Å². The third-order valence-electron chi connectivity index (χ3n) is 19.7. The number of piperidine rings is 4. The number of halogens is 8. The first-order valence-electron chi connectivity index (χ1n) is 34.0. The van der Waals surface area contributed by atoms with Crippen LogP contribution in [0.15, 0.2) is 162 Å². The summed E-state index contributed by atoms with van der Waals surface area (Å²) in [5.74, 6) is 2.07. The molecule has 0 bridgehead atoms. The Balaban J connectivity index is 0.000000166. The Morgan fingerprint density at radius 3 is 1.26 bits per heavy atom. The molecule has 4 saturated heterocycles. The fraction of sp³-hybridized carbons (Fsp3) is 0.400. The van der Waals surface area contributed by atoms with Crippen LogP contribution in [0.25, 0.3) is 0 Å². The number of nitrogens with one attached hydrogen (secondary N) is 3. The number of hydrogen-bond donors (Lipinski definition) is 3. The number of fused-ring (bicyclic) bond motifs is 1. The maximum absolute atomic E-state index is 13.0. The lowest BCUT2D eigenvalue weighted by Gasteiger charge is -2.42. The van der Waals surface area contributed by atoms with E-state index in [2.05, 4.69) is 50.9 Å². The van der Waals surface area contributed by atoms with Crippen molar-refractivity contribution in [2.45, 2.75) is 106 Å². The Kier molecular flexibility index (Phi) is 27.8. The topological polar surface area (TPSA) is 188 Å². The average molecular weight is 1620 g/mol. The van der Waals surface area contributed by atoms with E-state index in [0.717, 1.165) is 102 Å². The zero-order valence-electron chi connectivity index (χ0n) is 56.9. The molecule has 17 nitrogen and oxygen atoms in total. The molecule has 0 aliphatic carbocycles. The molecule has 6 atom stereocenters. The van der Waals surface area contributed by atoms with Crippen LogP contribution in [0.2, 0.25) is 40.2 Å². The first-order chi connectivity index (χ1) is 48.7. The van der Waals surface area contributed by atoms with E-state index in [4.69, 9.17) is 102 Å². The molecule has 0 radical (unpaired) electrons. The Morgan fingerprint density at radius 2 is 0.845 bits per heavy atom. The molecule has 6 heterocycles. The van der Waals surface area contributed by atoms with Gasteiger partial charge in [-0.3, -0.25) is 0 Å². The number of rotatable bonds is 18. The zero-order valence-corrected chi connectivity index (χ0v) is 65.4. The van der Waals surface area contributed by atoms with Crippen molar-refractivity contribution in [2.24, 2.45) is 24.8 Å². The van der Waals surface area contributed by atoms with Crippen molar-refractivity contribution in [3.05, 3.63) is 220 Å². The molecule has 0 saturated carbocycles. The van der Waals surface area contributed by atoms with Crippen LogP contribution in [-0.4, -0.2) is 118 Å². The Labute approximate surface area is 647 Å². The highest BCUT2D eigenvalue weighted by atomic mass is 35.5. The first-order valence-corrected chi connectivity index (χ1v) is 41.5. The molecule has 1 aromatic heterocycles. The lowest BCUT2D eigenvalue weighted by atomic mass is 9.88. The van der Waals surface area contributed by atoms with Gasteiger partial charge in [0.15, 0.2) is 16.5 Å². The van der Waals surface area contributed by atoms with Crippen LogP contribution in [0.3, 0.4) is 0 Å². The Bertz CT molecular complexity index is 4540. The summed E-state index contributed by atoms with van der Waals surface area (Å²) in [5, 5.41) is 4.96. The summed E-state index contributed by atoms with van der Waals surface area (Å²) in [7, 11) is -6.89. The van der Waals surface area contributed by atoms with Crippen LogP contribution in [0, 0.1) is 31.6 Å². The highest BCUT2D eigenvalue weighted by Crippen LogP contribution is 2.45. The van der Waals surface area contributed by atoms with Gasteiger partial charge in [-0.15, -0.1) is 0 Å². The maximum atomic E-state index is 13.0. The van der Waals surface area contributed by atoms with E-state index in [1.165, 1.54) is 18.3 Å². The lowest BCUT2D eigenvalue weighted by molar-refractivity contribution is 0.171. The van der Waals surface area contributed by atoms with Gasteiger partial charge in [0.1, 0.15) is 19.0 Å². The van der Waals surface area contributed by atoms with Gasteiger partial charge in [-0.1, -0.05) is 124 Å². The van der Waals surface area contributed by atoms with Gasteiger partial charge in [-0.2, -0.15) is 0 Å². The molecule has 13 rings (SSSR count). The first kappa shape index (κ1) is 80.3. The van der Waals surface area contributed by atoms with Crippen LogP contribution in [-0.2, 0) is 37.1 Å². The lowest BCUT2D eigenvalue weighted by Crippen LogP contribution is -2.46. The summed E-state index contributed by atoms with van der Waals surface area (Å²) >= 11 is 50.4. The second kappa shape index (κ2) is 35.7. The summed E-state index contributed by atoms with van der Waals surface area (Å²) in [4.78, 5) is 13.4. The third-order valence-corrected chi connectivity index (χ3v) is 26.5. The van der Waals surface area contributed by atoms with E-state index in [0.29, 0.717) is 111 Å². The fourth-order valence-corrected chi connectivity index (χ4v) is 19.5. The van der Waals surface area contributed by atoms with Crippen LogP contribution in [0.5, 0.6) is 11.5 Å². The number of sulfonamides is 3. The average Bonchev–Trinajstić information content (AvgIpc) is 1.45. The van der Waals surface area contributed by atoms with Gasteiger partial charge >= 0.3 is 0 Å². The van der Waals surface area contributed by atoms with Gasteiger partial charge in [0.05, 0.1) is 28.3 Å². The minimum atomic E-state index is -3.72. The van der Waals surface area contributed by atoms with Crippen molar-refractivity contribution in [2.75, 3.05) is 87.3 Å². The van der Waals surface area contributed by atoms with Gasteiger partial charge in [0, 0.05) is 116 Å². The number of nitrogens with zero attached hydrogens (tertiary/aromatic N) is 6. The fourth-order valence-electron chi connectivity index (χ4n) is 13.9. The number of aromatic nitrogens is 2. The molecule has 5 aliphatic heterocycles. The van der Waals surface area contributed by atoms with E-state index < -0.39 is 30.1 Å². The highest BCUT2D eigenvalue weighted by Gasteiger charge is 2.37. The van der Waals surface area contributed by atoms with E-state index in [-0.39, 0.29) is 58.5 Å². The minimum Gasteiger partial charge on any atom is -0.486 e. The molecule has 7 aromatic carbocycles. The van der Waals surface area contributed by atoms with Gasteiger partial charge < -0.3 is 33.6 Å². The zero-order chi connectivity index (χ0) is 72.6. The van der Waals surface area contributed by atoms with Crippen molar-refractivity contribution >= 4 is 140 Å². The molecule has 28 heteroatoms. The normalized spacial score (nSPS) is 20.4. The molecule has 1 unspecified atom stereocenters. The summed E-state index contributed by atoms with van der Waals surface area (Å²) in [6, 6.07) is 45.4. The van der Waals surface area contributed by atoms with E-state index in [1.54, 1.807) is 36.7 Å². The molecule has 0 amide bonds. The molecule has 103 heavy (non-hydrogen) atoms. The minimum absolute atomic E-state index is 0. The van der Waals surface area contributed by atoms with E-state index in [1.807, 2.05) is 117 Å². The molecule has 8 aromatic rings. The molecular weight excluding hydrogens is 1530 g/mol. The molecule has 0 spiro atoms. The highest BCUT2D eigenvalue weighted by molar-refractivity contribution is 7.90. The van der Waals surface area contributed by atoms with Crippen LogP contribution < -0.4 is 38.3 Å². The SMILES string of the molecule is C.Cc1ccc(C2CC[C@@H](CNS(=O)(=O)C3CCN(C)CC3)CN2c2ccc(Cl)cc2)c(Cl)c1.Cc1nc(S(=O)(=O)NC[C@@H]2CC[C@@H](c3ccc(Cl)cc3Cl)N(c3ccc(Cl)cc3)C2)cn1C.O=S(=O)(NC[C@@H]1CC[C@@H](c2ccc(Cl)cc2Cl)N(c2ccc(Cl)cc2)C1)c1ccc2c(c1)OCCO2. The molecule has 5 aliphatic rings. The standard InChI is InChI=1S/C26H25Cl3N2O4S.C25H33Cl2N3O2S.C23H25Cl3N4O2S.CH4/c27-18-2-5-20(6-3-18)31-16-17(1-9-24(31)22-8-4-19(28)13-23(22)29)15-30-36(32,33)21-7-10-25-26(14-21)35-12-11-34-25;1-18-3-9-23(24(27)15-18)25-10-4-19(17-30(25)21-7-5-20(26)6-8-21)16-28-33(31,32)22-11-13-29(2)14-12-22;1-15-28-23(14-29(15)2)33(31,32)27-12-16-3-10-22(20-9-6-18(25)11-21(20)26)30(13-16)19-7-4-17(24)5-8-19;/h2-8,10,13-14,17,24,30H,1,9,11-12,15-16H2;3,5-9,15,19,22,25,28H,4,10-14,16-17H2,1-2H3;4-9,11,14,16,22,27H,3,10,12-13H2,1-2H3;1H4/t17-,24-;19-,25?;16-,22-;/m000./s1. The summed E-state index contributed by atoms with van der Waals surface area (Å²) in [6.45, 7) is 9.48. The number of aryl methyl sites for hydroxylation is 3. The van der Waals surface area contributed by atoms with E-state index >= 15 is 0 Å². The number of hydrogen-bond acceptors (Lipinski definition) is 13. The van der Waals surface area contributed by atoms with Gasteiger partial charge in [0.25, 0.3) is 10.0 Å². The van der Waals surface area contributed by atoms with Crippen molar-refractivity contribution in [3.63, 3.8) is 0 Å². The van der Waals surface area contributed by atoms with Crippen molar-refractivity contribution in [3.8, 4) is 11.5 Å². The predicted octanol–water partition coefficient (Wildman–Crippen LogP) is 17.9. The maximum Gasteiger partial charge on any atom is 0.259 e. The summed E-state index contributed by atoms with van der Waals surface area (Å²) in [5.41, 5.74) is 7.31. The predicted molar refractivity (Wildman–Crippen MR) is 422 cm³/mol. The molecule has 3 N–H and O–H groups in total. The second-order valence-electron chi connectivity index (χ2n) is 26.8. The molecular formula is C75H87Cl8N9O8S3. The van der Waals surface area contributed by atoms with Gasteiger partial charge in [0.2, 0.25) is 20.0 Å². The quantitative estimate of drug-likeness (QED) is 0.0737. The number of benzene rings is 7. The van der Waals surface area contributed by atoms with Crippen LogP contribution in [0.4, 0.5) is 17.1 Å². The largest absolute Gasteiger partial charge is 0.486 e. The number of likely N-dealkylation sites (tertiary alicyclic amines) is 1. The Hall–Kier alpha value is -5.24. The summed E-state index contributed by atoms with van der Waals surface area (Å²) in [6.07, 6.45) is 8.06. The number of anilines is 3. The molecule has 554 valence electrons. The van der Waals surface area contributed by atoms with Crippen molar-refractivity contribution in [1.82, 2.24) is 28.6 Å². The summed E-state index contributed by atoms with van der Waals surface area (Å²) < 4.78 is 98.6. The molecule has 4 fully saturated rings. The number of imidazole rings is 1. The Morgan fingerprint density at radius 1 is 0.447 bits per heavy atom. The van der Waals surface area contributed by atoms with Crippen LogP contribution >= 0.6 is 92.8 Å². The monoisotopic (exact) mass is 1620 g/mol. The second-order valence-corrected chi connectivity index (χ2v) is 35.7. The van der Waals surface area contributed by atoms with Gasteiger partial charge in [-0.05, 0) is 241 Å². The van der Waals surface area contributed by atoms with Gasteiger partial charge in [-0.25, -0.2) is 44.4 Å².